The summed E-state index contributed by atoms with van der Waals surface area (Å²) in [5.74, 6) is -0.788. The lowest BCUT2D eigenvalue weighted by Crippen LogP contribution is -2.31. The minimum atomic E-state index is -0.826. The maximum atomic E-state index is 11.7. The maximum absolute atomic E-state index is 11.7. The second-order valence-corrected chi connectivity index (χ2v) is 4.34. The summed E-state index contributed by atoms with van der Waals surface area (Å²) >= 11 is 0. The monoisotopic (exact) mass is 277 g/mol. The fourth-order valence-corrected chi connectivity index (χ4v) is 1.95. The molecule has 0 bridgehead atoms. The number of carbonyl (C=O) groups excluding carboxylic acids is 3. The van der Waals surface area contributed by atoms with Crippen molar-refractivity contribution in [3.05, 3.63) is 33.9 Å². The predicted octanol–water partition coefficient (Wildman–Crippen LogP) is 0.576. The Morgan fingerprint density at radius 2 is 2.15 bits per heavy atom. The molecule has 1 aliphatic rings. The van der Waals surface area contributed by atoms with Crippen molar-refractivity contribution >= 4 is 29.5 Å². The highest BCUT2D eigenvalue weighted by molar-refractivity contribution is 6.06. The molecule has 1 fully saturated rings. The number of likely N-dealkylation sites (N-methyl/N-ethyl adjacent to an activating group) is 1. The molecule has 20 heavy (non-hydrogen) atoms. The molecule has 1 N–H and O–H groups in total. The number of nitro benzene ring substituents is 1. The summed E-state index contributed by atoms with van der Waals surface area (Å²) in [7, 11) is 1.36. The van der Waals surface area contributed by atoms with Crippen molar-refractivity contribution in [2.75, 3.05) is 12.4 Å². The van der Waals surface area contributed by atoms with Gasteiger partial charge in [-0.2, -0.15) is 0 Å². The lowest BCUT2D eigenvalue weighted by atomic mass is 10.1. The Hall–Kier alpha value is -2.77. The van der Waals surface area contributed by atoms with E-state index in [2.05, 4.69) is 5.32 Å². The zero-order valence-corrected chi connectivity index (χ0v) is 10.5. The standard InChI is InChI=1S/C12H11N3O5/c1-14-11(17)5-9(12(14)18)13-8-3-2-7(6-16)4-10(8)15(19)20/h2-4,6,9,13H,5H2,1H3. The molecule has 1 atom stereocenters. The number of nitro groups is 1. The van der Waals surface area contributed by atoms with E-state index in [0.29, 0.717) is 6.29 Å². The zero-order chi connectivity index (χ0) is 14.9. The number of amides is 2. The normalized spacial score (nSPS) is 18.2. The zero-order valence-electron chi connectivity index (χ0n) is 10.5. The Bertz CT molecular complexity index is 613. The van der Waals surface area contributed by atoms with Crippen LogP contribution in [0.3, 0.4) is 0 Å². The molecule has 1 saturated heterocycles. The van der Waals surface area contributed by atoms with Crippen molar-refractivity contribution < 1.29 is 19.3 Å². The third-order valence-corrected chi connectivity index (χ3v) is 3.07. The van der Waals surface area contributed by atoms with Gasteiger partial charge in [-0.25, -0.2) is 0 Å². The van der Waals surface area contributed by atoms with E-state index in [4.69, 9.17) is 0 Å². The predicted molar refractivity (Wildman–Crippen MR) is 68.3 cm³/mol. The van der Waals surface area contributed by atoms with E-state index in [-0.39, 0.29) is 29.3 Å². The molecule has 1 aromatic carbocycles. The van der Waals surface area contributed by atoms with Crippen LogP contribution in [0.25, 0.3) is 0 Å². The highest BCUT2D eigenvalue weighted by Crippen LogP contribution is 2.27. The number of nitrogens with one attached hydrogen (secondary N) is 1. The first-order valence-corrected chi connectivity index (χ1v) is 5.74. The number of hydrogen-bond donors (Lipinski definition) is 1. The van der Waals surface area contributed by atoms with Gasteiger partial charge in [-0.3, -0.25) is 29.4 Å². The number of rotatable bonds is 4. The topological polar surface area (TPSA) is 110 Å². The summed E-state index contributed by atoms with van der Waals surface area (Å²) in [5.41, 5.74) is -0.0559. The highest BCUT2D eigenvalue weighted by Gasteiger charge is 2.36. The minimum absolute atomic E-state index is 0.0537. The molecule has 1 heterocycles. The third-order valence-electron chi connectivity index (χ3n) is 3.07. The van der Waals surface area contributed by atoms with E-state index in [9.17, 15) is 24.5 Å². The van der Waals surface area contributed by atoms with E-state index in [1.807, 2.05) is 0 Å². The number of carbonyl (C=O) groups is 3. The highest BCUT2D eigenvalue weighted by atomic mass is 16.6. The van der Waals surface area contributed by atoms with Gasteiger partial charge in [0.05, 0.1) is 11.3 Å². The first kappa shape index (κ1) is 13.7. The van der Waals surface area contributed by atoms with Crippen molar-refractivity contribution in [2.45, 2.75) is 12.5 Å². The van der Waals surface area contributed by atoms with Crippen LogP contribution in [0.4, 0.5) is 11.4 Å². The van der Waals surface area contributed by atoms with Crippen molar-refractivity contribution in [1.82, 2.24) is 4.90 Å². The molecule has 0 saturated carbocycles. The number of hydrogen-bond acceptors (Lipinski definition) is 6. The summed E-state index contributed by atoms with van der Waals surface area (Å²) in [6, 6.07) is 3.03. The largest absolute Gasteiger partial charge is 0.368 e. The van der Waals surface area contributed by atoms with E-state index >= 15 is 0 Å². The van der Waals surface area contributed by atoms with Gasteiger partial charge >= 0.3 is 0 Å². The second kappa shape index (κ2) is 5.08. The Balaban J connectivity index is 2.30. The van der Waals surface area contributed by atoms with Gasteiger partial charge in [0.15, 0.2) is 0 Å². The molecule has 0 aromatic heterocycles. The SMILES string of the molecule is CN1C(=O)CC(Nc2ccc(C=O)cc2[N+](=O)[O-])C1=O. The van der Waals surface area contributed by atoms with Gasteiger partial charge in [0, 0.05) is 18.7 Å². The molecule has 1 aromatic rings. The molecular weight excluding hydrogens is 266 g/mol. The Morgan fingerprint density at radius 3 is 2.65 bits per heavy atom. The van der Waals surface area contributed by atoms with Crippen molar-refractivity contribution in [2.24, 2.45) is 0 Å². The van der Waals surface area contributed by atoms with E-state index in [0.717, 1.165) is 11.0 Å². The molecule has 1 unspecified atom stereocenters. The number of nitrogens with zero attached hydrogens (tertiary/aromatic N) is 2. The van der Waals surface area contributed by atoms with Crippen LogP contribution in [0.15, 0.2) is 18.2 Å². The second-order valence-electron chi connectivity index (χ2n) is 4.34. The molecular formula is C12H11N3O5. The summed E-state index contributed by atoms with van der Waals surface area (Å²) < 4.78 is 0. The van der Waals surface area contributed by atoms with Crippen LogP contribution in [-0.4, -0.2) is 41.0 Å². The fourth-order valence-electron chi connectivity index (χ4n) is 1.95. The minimum Gasteiger partial charge on any atom is -0.368 e. The molecule has 1 aliphatic heterocycles. The molecule has 0 radical (unpaired) electrons. The van der Waals surface area contributed by atoms with Crippen molar-refractivity contribution in [1.29, 1.82) is 0 Å². The van der Waals surface area contributed by atoms with Crippen LogP contribution in [-0.2, 0) is 9.59 Å². The Labute approximate surface area is 113 Å². The first-order valence-electron chi connectivity index (χ1n) is 5.74. The van der Waals surface area contributed by atoms with Crippen LogP contribution < -0.4 is 5.32 Å². The van der Waals surface area contributed by atoms with Gasteiger partial charge in [-0.1, -0.05) is 0 Å². The molecule has 104 valence electrons. The quantitative estimate of drug-likeness (QED) is 0.373. The maximum Gasteiger partial charge on any atom is 0.293 e. The summed E-state index contributed by atoms with van der Waals surface area (Å²) in [6.45, 7) is 0. The Kier molecular flexibility index (Phi) is 3.47. The molecule has 0 spiro atoms. The van der Waals surface area contributed by atoms with Crippen LogP contribution in [0.2, 0.25) is 0 Å². The van der Waals surface area contributed by atoms with Crippen molar-refractivity contribution in [3.8, 4) is 0 Å². The van der Waals surface area contributed by atoms with Crippen LogP contribution >= 0.6 is 0 Å². The van der Waals surface area contributed by atoms with Gasteiger partial charge in [-0.15, -0.1) is 0 Å². The smallest absolute Gasteiger partial charge is 0.293 e. The molecule has 2 amide bonds. The van der Waals surface area contributed by atoms with Gasteiger partial charge in [0.1, 0.15) is 18.0 Å². The molecule has 8 heteroatoms. The van der Waals surface area contributed by atoms with Gasteiger partial charge < -0.3 is 5.32 Å². The van der Waals surface area contributed by atoms with E-state index < -0.39 is 16.9 Å². The average molecular weight is 277 g/mol. The van der Waals surface area contributed by atoms with E-state index in [1.165, 1.54) is 19.2 Å². The summed E-state index contributed by atoms with van der Waals surface area (Å²) in [5, 5.41) is 13.6. The molecule has 8 nitrogen and oxygen atoms in total. The molecule has 0 aliphatic carbocycles. The fraction of sp³-hybridized carbons (Fsp3) is 0.250. The van der Waals surface area contributed by atoms with Gasteiger partial charge in [-0.05, 0) is 12.1 Å². The number of imide groups is 1. The first-order chi connectivity index (χ1) is 9.43. The number of aldehydes is 1. The van der Waals surface area contributed by atoms with Crippen LogP contribution in [0.1, 0.15) is 16.8 Å². The van der Waals surface area contributed by atoms with E-state index in [1.54, 1.807) is 0 Å². The Morgan fingerprint density at radius 1 is 1.45 bits per heavy atom. The third kappa shape index (κ3) is 2.35. The summed E-state index contributed by atoms with van der Waals surface area (Å²) in [6.07, 6.45) is 0.441. The van der Waals surface area contributed by atoms with Gasteiger partial charge in [0.2, 0.25) is 5.91 Å². The lowest BCUT2D eigenvalue weighted by molar-refractivity contribution is -0.384. The number of anilines is 1. The number of likely N-dealkylation sites (tertiary alicyclic amines) is 1. The van der Waals surface area contributed by atoms with Gasteiger partial charge in [0.25, 0.3) is 11.6 Å². The number of benzene rings is 1. The van der Waals surface area contributed by atoms with Crippen molar-refractivity contribution in [3.63, 3.8) is 0 Å². The van der Waals surface area contributed by atoms with Crippen LogP contribution in [0.5, 0.6) is 0 Å². The van der Waals surface area contributed by atoms with Crippen LogP contribution in [0, 0.1) is 10.1 Å². The lowest BCUT2D eigenvalue weighted by Gasteiger charge is -2.12. The summed E-state index contributed by atoms with van der Waals surface area (Å²) in [4.78, 5) is 45.0. The average Bonchev–Trinajstić information content (AvgIpc) is 2.66. The molecule has 2 rings (SSSR count).